The first-order chi connectivity index (χ1) is 11.3. The summed E-state index contributed by atoms with van der Waals surface area (Å²) in [4.78, 5) is 0. The fourth-order valence-electron chi connectivity index (χ4n) is 2.94. The average Bonchev–Trinajstić information content (AvgIpc) is 2.59. The van der Waals surface area contributed by atoms with Crippen molar-refractivity contribution < 1.29 is 34.3 Å². The van der Waals surface area contributed by atoms with Crippen molar-refractivity contribution in [3.8, 4) is 0 Å². The minimum Gasteiger partial charge on any atom is -0.388 e. The number of hydrogen-bond donors (Lipinski definition) is 7. The molecule has 0 spiro atoms. The lowest BCUT2D eigenvalue weighted by Gasteiger charge is -2.46. The maximum Gasteiger partial charge on any atom is 0.176 e. The van der Waals surface area contributed by atoms with Crippen LogP contribution in [-0.4, -0.2) is 96.8 Å². The maximum atomic E-state index is 10.4. The molecule has 10 atom stereocenters. The van der Waals surface area contributed by atoms with Gasteiger partial charge in [-0.05, 0) is 0 Å². The molecular formula is C13H28N4O7. The zero-order valence-electron chi connectivity index (χ0n) is 13.5. The molecule has 2 aliphatic rings. The zero-order valence-corrected chi connectivity index (χ0v) is 13.5. The van der Waals surface area contributed by atoms with E-state index in [2.05, 4.69) is 0 Å². The van der Waals surface area contributed by atoms with Crippen LogP contribution < -0.4 is 22.9 Å². The van der Waals surface area contributed by atoms with Gasteiger partial charge in [-0.25, -0.2) is 0 Å². The van der Waals surface area contributed by atoms with Gasteiger partial charge >= 0.3 is 0 Å². The van der Waals surface area contributed by atoms with E-state index < -0.39 is 61.3 Å². The van der Waals surface area contributed by atoms with E-state index in [1.54, 1.807) is 0 Å². The predicted molar refractivity (Wildman–Crippen MR) is 81.3 cm³/mol. The van der Waals surface area contributed by atoms with E-state index in [0.29, 0.717) is 0 Å². The van der Waals surface area contributed by atoms with Crippen molar-refractivity contribution in [2.75, 3.05) is 20.2 Å². The maximum absolute atomic E-state index is 10.4. The van der Waals surface area contributed by atoms with Gasteiger partial charge in [0.15, 0.2) is 12.6 Å². The summed E-state index contributed by atoms with van der Waals surface area (Å²) in [5, 5.41) is 30.3. The van der Waals surface area contributed by atoms with Crippen molar-refractivity contribution in [2.45, 2.75) is 61.3 Å². The molecule has 0 aliphatic carbocycles. The highest BCUT2D eigenvalue weighted by Gasteiger charge is 2.49. The van der Waals surface area contributed by atoms with Crippen molar-refractivity contribution in [1.29, 1.82) is 0 Å². The summed E-state index contributed by atoms with van der Waals surface area (Å²) in [6.45, 7) is -0.0120. The molecule has 11 heteroatoms. The third-order valence-corrected chi connectivity index (χ3v) is 4.46. The van der Waals surface area contributed by atoms with Crippen molar-refractivity contribution in [2.24, 2.45) is 22.9 Å². The predicted octanol–water partition coefficient (Wildman–Crippen LogP) is -4.88. The van der Waals surface area contributed by atoms with E-state index in [1.807, 2.05) is 0 Å². The first kappa shape index (κ1) is 19.9. The van der Waals surface area contributed by atoms with Crippen molar-refractivity contribution >= 4 is 0 Å². The van der Waals surface area contributed by atoms with Crippen LogP contribution in [0.2, 0.25) is 0 Å². The molecular weight excluding hydrogens is 324 g/mol. The molecule has 0 bridgehead atoms. The highest BCUT2D eigenvalue weighted by atomic mass is 16.7. The Hall–Kier alpha value is -0.440. The quantitative estimate of drug-likeness (QED) is 0.250. The number of aliphatic hydroxyl groups is 3. The summed E-state index contributed by atoms with van der Waals surface area (Å²) in [6, 6.07) is -1.92. The minimum atomic E-state index is -1.30. The standard InChI is InChI=1S/C13H28N4O7/c1-21-12-7(17)10(20)11(5(3-15)23-12)24-13-6(16)9(19)8(18)4(2-14)22-13/h4-13,18-20H,2-3,14-17H2,1H3/t4?,5?,6-,7-,8+,9?,10?,11+,12-,13+/m1/s1. The zero-order chi connectivity index (χ0) is 18.0. The Morgan fingerprint density at radius 2 is 1.38 bits per heavy atom. The SMILES string of the molecule is CO[C@@H]1OC(CN)[C@H](O[C@@H]2OC(CN)[C@H](O)C(O)[C@H]2N)C(O)[C@H]1N. The monoisotopic (exact) mass is 352 g/mol. The van der Waals surface area contributed by atoms with E-state index >= 15 is 0 Å². The lowest BCUT2D eigenvalue weighted by molar-refractivity contribution is -0.319. The lowest BCUT2D eigenvalue weighted by Crippen LogP contribution is -2.68. The fourth-order valence-corrected chi connectivity index (χ4v) is 2.94. The second-order valence-corrected chi connectivity index (χ2v) is 6.02. The van der Waals surface area contributed by atoms with Gasteiger partial charge in [0.25, 0.3) is 0 Å². The topological polar surface area (TPSA) is 202 Å². The molecule has 11 nitrogen and oxygen atoms in total. The summed E-state index contributed by atoms with van der Waals surface area (Å²) in [5.41, 5.74) is 22.9. The molecule has 2 rings (SSSR count). The van der Waals surface area contributed by atoms with E-state index in [-0.39, 0.29) is 13.1 Å². The highest BCUT2D eigenvalue weighted by Crippen LogP contribution is 2.27. The first-order valence-corrected chi connectivity index (χ1v) is 7.80. The van der Waals surface area contributed by atoms with Crippen LogP contribution in [0.25, 0.3) is 0 Å². The van der Waals surface area contributed by atoms with E-state index in [1.165, 1.54) is 7.11 Å². The Morgan fingerprint density at radius 3 is 1.92 bits per heavy atom. The number of hydrogen-bond acceptors (Lipinski definition) is 11. The van der Waals surface area contributed by atoms with Crippen LogP contribution in [0.4, 0.5) is 0 Å². The number of methoxy groups -OCH3 is 1. The molecule has 2 saturated heterocycles. The van der Waals surface area contributed by atoms with Crippen molar-refractivity contribution in [1.82, 2.24) is 0 Å². The molecule has 0 saturated carbocycles. The third kappa shape index (κ3) is 3.71. The summed E-state index contributed by atoms with van der Waals surface area (Å²) in [6.07, 6.45) is -8.18. The summed E-state index contributed by atoms with van der Waals surface area (Å²) >= 11 is 0. The molecule has 0 amide bonds. The van der Waals surface area contributed by atoms with Crippen LogP contribution in [0.3, 0.4) is 0 Å². The Kier molecular flexibility index (Phi) is 6.87. The molecule has 2 fully saturated rings. The Morgan fingerprint density at radius 1 is 0.833 bits per heavy atom. The molecule has 0 aromatic carbocycles. The number of rotatable bonds is 5. The summed E-state index contributed by atoms with van der Waals surface area (Å²) in [5.74, 6) is 0. The van der Waals surface area contributed by atoms with Gasteiger partial charge in [-0.1, -0.05) is 0 Å². The van der Waals surface area contributed by atoms with Crippen LogP contribution >= 0.6 is 0 Å². The molecule has 24 heavy (non-hydrogen) atoms. The minimum absolute atomic E-state index is 0.0295. The normalized spacial score (nSPS) is 50.0. The van der Waals surface area contributed by atoms with Gasteiger partial charge in [-0.3, -0.25) is 0 Å². The van der Waals surface area contributed by atoms with Crippen LogP contribution in [0.5, 0.6) is 0 Å². The van der Waals surface area contributed by atoms with Gasteiger partial charge in [0, 0.05) is 20.2 Å². The van der Waals surface area contributed by atoms with Gasteiger partial charge in [0.1, 0.15) is 36.6 Å². The molecule has 11 N–H and O–H groups in total. The van der Waals surface area contributed by atoms with Crippen LogP contribution in [0.1, 0.15) is 0 Å². The fraction of sp³-hybridized carbons (Fsp3) is 1.00. The summed E-state index contributed by atoms with van der Waals surface area (Å²) in [7, 11) is 1.40. The van der Waals surface area contributed by atoms with E-state index in [9.17, 15) is 15.3 Å². The highest BCUT2D eigenvalue weighted by molar-refractivity contribution is 4.96. The Bertz CT molecular complexity index is 403. The molecule has 0 radical (unpaired) electrons. The molecule has 2 heterocycles. The van der Waals surface area contributed by atoms with Gasteiger partial charge in [0.05, 0.1) is 12.1 Å². The average molecular weight is 352 g/mol. The van der Waals surface area contributed by atoms with E-state index in [4.69, 9.17) is 41.9 Å². The molecule has 4 unspecified atom stereocenters. The number of ether oxygens (including phenoxy) is 4. The van der Waals surface area contributed by atoms with Gasteiger partial charge < -0.3 is 57.2 Å². The Balaban J connectivity index is 2.12. The second kappa shape index (κ2) is 8.29. The van der Waals surface area contributed by atoms with Crippen molar-refractivity contribution in [3.05, 3.63) is 0 Å². The first-order valence-electron chi connectivity index (χ1n) is 7.80. The van der Waals surface area contributed by atoms with Crippen molar-refractivity contribution in [3.63, 3.8) is 0 Å². The van der Waals surface area contributed by atoms with Crippen LogP contribution in [-0.2, 0) is 18.9 Å². The van der Waals surface area contributed by atoms with Crippen LogP contribution in [0, 0.1) is 0 Å². The van der Waals surface area contributed by atoms with Crippen LogP contribution in [0.15, 0.2) is 0 Å². The molecule has 2 aliphatic heterocycles. The molecule has 0 aromatic rings. The smallest absolute Gasteiger partial charge is 0.176 e. The second-order valence-electron chi connectivity index (χ2n) is 6.02. The molecule has 0 aromatic heterocycles. The number of aliphatic hydroxyl groups excluding tert-OH is 3. The Labute approximate surface area is 139 Å². The summed E-state index contributed by atoms with van der Waals surface area (Å²) < 4.78 is 21.8. The number of nitrogens with two attached hydrogens (primary N) is 4. The molecule has 142 valence electrons. The lowest BCUT2D eigenvalue weighted by atomic mass is 9.95. The van der Waals surface area contributed by atoms with Gasteiger partial charge in [-0.15, -0.1) is 0 Å². The van der Waals surface area contributed by atoms with Gasteiger partial charge in [0.2, 0.25) is 0 Å². The largest absolute Gasteiger partial charge is 0.388 e. The van der Waals surface area contributed by atoms with Gasteiger partial charge in [-0.2, -0.15) is 0 Å². The van der Waals surface area contributed by atoms with E-state index in [0.717, 1.165) is 0 Å². The third-order valence-electron chi connectivity index (χ3n) is 4.46.